The Morgan fingerprint density at radius 3 is 2.00 bits per heavy atom. The molecule has 0 unspecified atom stereocenters. The Labute approximate surface area is 64.2 Å². The zero-order chi connectivity index (χ0) is 8.41. The van der Waals surface area contributed by atoms with Crippen LogP contribution in [0.15, 0.2) is 17.4 Å². The quantitative estimate of drug-likeness (QED) is 0.427. The average Bonchev–Trinajstić information content (AvgIpc) is 1.93. The van der Waals surface area contributed by atoms with Gasteiger partial charge in [0.05, 0.1) is 0 Å². The summed E-state index contributed by atoms with van der Waals surface area (Å²) in [7, 11) is 1.89. The lowest BCUT2D eigenvalue weighted by molar-refractivity contribution is 0.492. The van der Waals surface area contributed by atoms with Crippen LogP contribution >= 0.6 is 0 Å². The van der Waals surface area contributed by atoms with Gasteiger partial charge in [-0.25, -0.2) is 0 Å². The fourth-order valence-electron chi connectivity index (χ4n) is 0.436. The van der Waals surface area contributed by atoms with E-state index in [0.29, 0.717) is 0 Å². The van der Waals surface area contributed by atoms with Gasteiger partial charge in [-0.1, -0.05) is 19.9 Å². The summed E-state index contributed by atoms with van der Waals surface area (Å²) in [4.78, 5) is 0. The monoisotopic (exact) mass is 142 g/mol. The summed E-state index contributed by atoms with van der Waals surface area (Å²) >= 11 is 0. The molecule has 0 heterocycles. The lowest BCUT2D eigenvalue weighted by Gasteiger charge is -2.02. The minimum absolute atomic E-state index is 1.75. The van der Waals surface area contributed by atoms with Crippen LogP contribution in [0.2, 0.25) is 0 Å². The van der Waals surface area contributed by atoms with Crippen LogP contribution in [0.1, 0.15) is 27.7 Å². The molecule has 0 bridgehead atoms. The van der Waals surface area contributed by atoms with E-state index in [1.54, 1.807) is 11.2 Å². The number of nitrogens with zero attached hydrogens (tertiary/aromatic N) is 2. The van der Waals surface area contributed by atoms with Crippen molar-refractivity contribution >= 4 is 6.21 Å². The number of hydrazone groups is 1. The Bertz CT molecular complexity index is 83.4. The van der Waals surface area contributed by atoms with Gasteiger partial charge >= 0.3 is 0 Å². The fraction of sp³-hybridized carbons (Fsp3) is 0.625. The zero-order valence-corrected chi connectivity index (χ0v) is 7.63. The van der Waals surface area contributed by atoms with Gasteiger partial charge in [0, 0.05) is 19.5 Å². The number of hydrogen-bond donors (Lipinski definition) is 0. The Balaban J connectivity index is 0. The van der Waals surface area contributed by atoms with Crippen molar-refractivity contribution in [3.05, 3.63) is 12.3 Å². The molecule has 0 amide bonds. The third kappa shape index (κ3) is 10.2. The maximum atomic E-state index is 3.94. The SMILES string of the molecule is C/C=C\N(C)/N=C\C.CC. The maximum absolute atomic E-state index is 3.94. The minimum Gasteiger partial charge on any atom is -0.277 e. The second-order valence-corrected chi connectivity index (χ2v) is 1.43. The molecule has 2 heteroatoms. The van der Waals surface area contributed by atoms with Gasteiger partial charge < -0.3 is 0 Å². The van der Waals surface area contributed by atoms with Crippen LogP contribution < -0.4 is 0 Å². The molecule has 0 rings (SSSR count). The first-order valence-electron chi connectivity index (χ1n) is 3.65. The van der Waals surface area contributed by atoms with E-state index in [4.69, 9.17) is 0 Å². The molecular weight excluding hydrogens is 124 g/mol. The third-order valence-electron chi connectivity index (χ3n) is 0.662. The van der Waals surface area contributed by atoms with Gasteiger partial charge in [-0.2, -0.15) is 5.10 Å². The summed E-state index contributed by atoms with van der Waals surface area (Å²) < 4.78 is 0. The number of allylic oxidation sites excluding steroid dienone is 1. The van der Waals surface area contributed by atoms with Crippen molar-refractivity contribution in [3.63, 3.8) is 0 Å². The molecule has 0 aromatic heterocycles. The van der Waals surface area contributed by atoms with E-state index in [0.717, 1.165) is 0 Å². The van der Waals surface area contributed by atoms with E-state index in [-0.39, 0.29) is 0 Å². The van der Waals surface area contributed by atoms with Crippen LogP contribution in [0.5, 0.6) is 0 Å². The molecule has 0 saturated carbocycles. The van der Waals surface area contributed by atoms with E-state index in [9.17, 15) is 0 Å². The van der Waals surface area contributed by atoms with Crippen molar-refractivity contribution in [2.24, 2.45) is 5.10 Å². The summed E-state index contributed by atoms with van der Waals surface area (Å²) in [6.07, 6.45) is 5.58. The first kappa shape index (κ1) is 11.9. The third-order valence-corrected chi connectivity index (χ3v) is 0.662. The Morgan fingerprint density at radius 1 is 1.20 bits per heavy atom. The predicted molar refractivity (Wildman–Crippen MR) is 48.1 cm³/mol. The maximum Gasteiger partial charge on any atom is 0.0296 e. The Kier molecular flexibility index (Phi) is 13.2. The van der Waals surface area contributed by atoms with Gasteiger partial charge in [0.25, 0.3) is 0 Å². The van der Waals surface area contributed by atoms with Crippen LogP contribution in [-0.4, -0.2) is 18.3 Å². The molecule has 0 saturated heterocycles. The first-order chi connectivity index (χ1) is 4.81. The van der Waals surface area contributed by atoms with E-state index in [2.05, 4.69) is 5.10 Å². The average molecular weight is 142 g/mol. The van der Waals surface area contributed by atoms with Crippen molar-refractivity contribution < 1.29 is 0 Å². The van der Waals surface area contributed by atoms with Crippen LogP contribution in [0.25, 0.3) is 0 Å². The van der Waals surface area contributed by atoms with Crippen molar-refractivity contribution in [2.75, 3.05) is 7.05 Å². The molecule has 0 spiro atoms. The van der Waals surface area contributed by atoms with Crippen molar-refractivity contribution in [1.29, 1.82) is 0 Å². The first-order valence-corrected chi connectivity index (χ1v) is 3.65. The molecule has 0 aromatic rings. The molecule has 0 aromatic carbocycles. The summed E-state index contributed by atoms with van der Waals surface area (Å²) in [6, 6.07) is 0. The zero-order valence-electron chi connectivity index (χ0n) is 7.63. The number of hydrogen-bond acceptors (Lipinski definition) is 2. The molecule has 0 aliphatic heterocycles. The second-order valence-electron chi connectivity index (χ2n) is 1.43. The van der Waals surface area contributed by atoms with Crippen LogP contribution in [0.4, 0.5) is 0 Å². The topological polar surface area (TPSA) is 15.6 Å². The van der Waals surface area contributed by atoms with E-state index in [1.807, 2.05) is 47.0 Å². The molecule has 0 N–H and O–H groups in total. The highest BCUT2D eigenvalue weighted by atomic mass is 15.4. The van der Waals surface area contributed by atoms with E-state index in [1.165, 1.54) is 0 Å². The molecule has 0 fully saturated rings. The van der Waals surface area contributed by atoms with Gasteiger partial charge in [0.1, 0.15) is 0 Å². The summed E-state index contributed by atoms with van der Waals surface area (Å²) in [5, 5.41) is 5.69. The lowest BCUT2D eigenvalue weighted by atomic mass is 10.7. The van der Waals surface area contributed by atoms with Crippen LogP contribution in [-0.2, 0) is 0 Å². The van der Waals surface area contributed by atoms with Gasteiger partial charge in [-0.15, -0.1) is 0 Å². The molecule has 0 atom stereocenters. The summed E-state index contributed by atoms with van der Waals surface area (Å²) in [6.45, 7) is 7.85. The summed E-state index contributed by atoms with van der Waals surface area (Å²) in [5.41, 5.74) is 0. The summed E-state index contributed by atoms with van der Waals surface area (Å²) in [5.74, 6) is 0. The van der Waals surface area contributed by atoms with Gasteiger partial charge in [0.2, 0.25) is 0 Å². The molecule has 2 nitrogen and oxygen atoms in total. The van der Waals surface area contributed by atoms with Gasteiger partial charge in [-0.3, -0.25) is 5.01 Å². The van der Waals surface area contributed by atoms with Crippen LogP contribution in [0, 0.1) is 0 Å². The molecular formula is C8H18N2. The largest absolute Gasteiger partial charge is 0.277 e. The lowest BCUT2D eigenvalue weighted by Crippen LogP contribution is -1.99. The van der Waals surface area contributed by atoms with Crippen molar-refractivity contribution in [1.82, 2.24) is 5.01 Å². The second kappa shape index (κ2) is 11.1. The standard InChI is InChI=1S/C6H12N2.C2H6/c1-4-6-8(3)7-5-2;1-2/h4-6H,1-3H3;1-2H3/b6-4-,7-5-;. The predicted octanol–water partition coefficient (Wildman–Crippen LogP) is 2.48. The van der Waals surface area contributed by atoms with E-state index < -0.39 is 0 Å². The Morgan fingerprint density at radius 2 is 1.70 bits per heavy atom. The normalized spacial score (nSPS) is 9.70. The Hall–Kier alpha value is -0.790. The number of rotatable bonds is 2. The molecule has 60 valence electrons. The smallest absolute Gasteiger partial charge is 0.0296 e. The minimum atomic E-state index is 1.75. The van der Waals surface area contributed by atoms with Crippen molar-refractivity contribution in [3.8, 4) is 0 Å². The van der Waals surface area contributed by atoms with E-state index >= 15 is 0 Å². The van der Waals surface area contributed by atoms with Gasteiger partial charge in [-0.05, 0) is 13.8 Å². The highest BCUT2D eigenvalue weighted by Gasteiger charge is 1.74. The molecule has 0 radical (unpaired) electrons. The molecule has 10 heavy (non-hydrogen) atoms. The molecule has 0 aliphatic carbocycles. The highest BCUT2D eigenvalue weighted by Crippen LogP contribution is 1.81. The van der Waals surface area contributed by atoms with Gasteiger partial charge in [0.15, 0.2) is 0 Å². The fourth-order valence-corrected chi connectivity index (χ4v) is 0.436. The van der Waals surface area contributed by atoms with Crippen LogP contribution in [0.3, 0.4) is 0 Å². The molecule has 0 aliphatic rings. The van der Waals surface area contributed by atoms with Crippen molar-refractivity contribution in [2.45, 2.75) is 27.7 Å². The highest BCUT2D eigenvalue weighted by molar-refractivity contribution is 5.52.